The minimum Gasteiger partial charge on any atom is -0.0620 e. The van der Waals surface area contributed by atoms with E-state index in [1.807, 2.05) is 0 Å². The van der Waals surface area contributed by atoms with Gasteiger partial charge in [0.05, 0.1) is 0 Å². The third-order valence-corrected chi connectivity index (χ3v) is 11.5. The van der Waals surface area contributed by atoms with Gasteiger partial charge in [-0.15, -0.1) is 0 Å². The van der Waals surface area contributed by atoms with Crippen LogP contribution in [0.25, 0.3) is 10.8 Å². The van der Waals surface area contributed by atoms with Crippen molar-refractivity contribution in [3.63, 3.8) is 0 Å². The Bertz CT molecular complexity index is 1240. The zero-order valence-electron chi connectivity index (χ0n) is 17.4. The summed E-state index contributed by atoms with van der Waals surface area (Å²) in [5, 5.41) is 7.22. The molecule has 5 aromatic carbocycles. The summed E-state index contributed by atoms with van der Waals surface area (Å²) in [5.41, 5.74) is 3.43. The maximum absolute atomic E-state index is 2.38. The molecule has 0 saturated carbocycles. The summed E-state index contributed by atoms with van der Waals surface area (Å²) in [6.45, 7) is 0. The smallest absolute Gasteiger partial charge is 0.0620 e. The lowest BCUT2D eigenvalue weighted by Gasteiger charge is -2.33. The molecule has 0 bridgehead atoms. The molecule has 0 saturated heterocycles. The number of hydrogen-bond donors (Lipinski definition) is 0. The van der Waals surface area contributed by atoms with Crippen molar-refractivity contribution in [3.05, 3.63) is 139 Å². The molecule has 6 rings (SSSR count). The number of hydrogen-bond acceptors (Lipinski definition) is 0. The fourth-order valence-corrected chi connectivity index (χ4v) is 10.5. The third-order valence-electron chi connectivity index (χ3n) is 6.75. The molecule has 1 atom stereocenters. The van der Waals surface area contributed by atoms with Crippen molar-refractivity contribution in [2.75, 3.05) is 0 Å². The van der Waals surface area contributed by atoms with Gasteiger partial charge >= 0.3 is 0 Å². The fraction of sp³-hybridized carbons (Fsp3) is 0.0667. The van der Waals surface area contributed by atoms with Gasteiger partial charge in [-0.3, -0.25) is 0 Å². The van der Waals surface area contributed by atoms with Gasteiger partial charge in [-0.2, -0.15) is 0 Å². The molecule has 0 nitrogen and oxygen atoms in total. The van der Waals surface area contributed by atoms with Crippen LogP contribution >= 0.6 is 7.26 Å². The molecule has 0 heterocycles. The third kappa shape index (κ3) is 2.79. The van der Waals surface area contributed by atoms with Crippen molar-refractivity contribution in [1.82, 2.24) is 0 Å². The molecule has 1 heteroatoms. The van der Waals surface area contributed by atoms with Crippen molar-refractivity contribution in [3.8, 4) is 0 Å². The van der Waals surface area contributed by atoms with Crippen molar-refractivity contribution < 1.29 is 0 Å². The van der Waals surface area contributed by atoms with Gasteiger partial charge in [-0.1, -0.05) is 91.0 Å². The van der Waals surface area contributed by atoms with Crippen LogP contribution in [0.3, 0.4) is 0 Å². The van der Waals surface area contributed by atoms with Crippen LogP contribution in [0.2, 0.25) is 0 Å². The molecule has 0 fully saturated rings. The quantitative estimate of drug-likeness (QED) is 0.297. The molecule has 1 unspecified atom stereocenters. The highest BCUT2D eigenvalue weighted by atomic mass is 31.2. The first-order valence-corrected chi connectivity index (χ1v) is 12.8. The predicted molar refractivity (Wildman–Crippen MR) is 136 cm³/mol. The van der Waals surface area contributed by atoms with Gasteiger partial charge in [0, 0.05) is 12.0 Å². The molecule has 0 aliphatic heterocycles. The van der Waals surface area contributed by atoms with Crippen LogP contribution in [-0.2, 0) is 6.42 Å². The lowest BCUT2D eigenvalue weighted by Crippen LogP contribution is -2.35. The van der Waals surface area contributed by atoms with Crippen molar-refractivity contribution >= 4 is 33.9 Å². The minimum atomic E-state index is -1.94. The average Bonchev–Trinajstić information content (AvgIpc) is 3.23. The Hall–Kier alpha value is -3.21. The van der Waals surface area contributed by atoms with Crippen LogP contribution in [-0.4, -0.2) is 0 Å². The molecule has 0 aromatic heterocycles. The first-order chi connectivity index (χ1) is 15.4. The van der Waals surface area contributed by atoms with Crippen LogP contribution in [0.15, 0.2) is 127 Å². The van der Waals surface area contributed by atoms with Crippen LogP contribution in [0.1, 0.15) is 16.8 Å². The Morgan fingerprint density at radius 1 is 0.484 bits per heavy atom. The van der Waals surface area contributed by atoms with Crippen molar-refractivity contribution in [2.45, 2.75) is 12.1 Å². The van der Waals surface area contributed by atoms with E-state index in [-0.39, 0.29) is 0 Å². The SMILES string of the molecule is c1ccc([P+](c2ccccc2)(c2ccccc2)C2Cc3cccc4cccc2c34)cc1. The molecule has 0 N–H and O–H groups in total. The van der Waals surface area contributed by atoms with E-state index in [0.29, 0.717) is 5.66 Å². The summed E-state index contributed by atoms with van der Waals surface area (Å²) >= 11 is 0. The minimum absolute atomic E-state index is 0.431. The maximum Gasteiger partial charge on any atom is 0.119 e. The zero-order valence-corrected chi connectivity index (χ0v) is 18.3. The molecule has 5 aromatic rings. The van der Waals surface area contributed by atoms with Crippen molar-refractivity contribution in [1.29, 1.82) is 0 Å². The molecule has 0 radical (unpaired) electrons. The van der Waals surface area contributed by atoms with Gasteiger partial charge in [0.15, 0.2) is 0 Å². The highest BCUT2D eigenvalue weighted by Gasteiger charge is 2.54. The van der Waals surface area contributed by atoms with Gasteiger partial charge in [-0.05, 0) is 52.7 Å². The molecule has 31 heavy (non-hydrogen) atoms. The second-order valence-electron chi connectivity index (χ2n) is 8.31. The number of rotatable bonds is 4. The molecule has 148 valence electrons. The zero-order chi connectivity index (χ0) is 20.7. The second-order valence-corrected chi connectivity index (χ2v) is 11.9. The largest absolute Gasteiger partial charge is 0.119 e. The van der Waals surface area contributed by atoms with Gasteiger partial charge < -0.3 is 0 Å². The molecule has 1 aliphatic carbocycles. The lowest BCUT2D eigenvalue weighted by molar-refractivity contribution is 0.975. The van der Waals surface area contributed by atoms with Crippen LogP contribution < -0.4 is 15.9 Å². The summed E-state index contributed by atoms with van der Waals surface area (Å²) in [7, 11) is -1.94. The van der Waals surface area contributed by atoms with E-state index in [4.69, 9.17) is 0 Å². The molecule has 1 aliphatic rings. The predicted octanol–water partition coefficient (Wildman–Crippen LogP) is 6.43. The van der Waals surface area contributed by atoms with Crippen LogP contribution in [0.4, 0.5) is 0 Å². The molecule has 0 amide bonds. The normalized spacial score (nSPS) is 15.3. The fourth-order valence-electron chi connectivity index (χ4n) is 5.54. The first-order valence-electron chi connectivity index (χ1n) is 10.9. The van der Waals surface area contributed by atoms with Gasteiger partial charge in [0.25, 0.3) is 0 Å². The van der Waals surface area contributed by atoms with Crippen LogP contribution in [0, 0.1) is 0 Å². The summed E-state index contributed by atoms with van der Waals surface area (Å²) < 4.78 is 0. The maximum atomic E-state index is 2.38. The summed E-state index contributed by atoms with van der Waals surface area (Å²) in [6.07, 6.45) is 1.09. The average molecular weight is 415 g/mol. The van der Waals surface area contributed by atoms with Gasteiger partial charge in [0.1, 0.15) is 28.8 Å². The van der Waals surface area contributed by atoms with Gasteiger partial charge in [0.2, 0.25) is 0 Å². The highest BCUT2D eigenvalue weighted by Crippen LogP contribution is 2.70. The number of benzene rings is 5. The molecular formula is C30H24P+. The Morgan fingerprint density at radius 2 is 0.968 bits per heavy atom. The Kier molecular flexibility index (Phi) is 4.48. The monoisotopic (exact) mass is 415 g/mol. The van der Waals surface area contributed by atoms with Crippen molar-refractivity contribution in [2.24, 2.45) is 0 Å². The molecule has 0 spiro atoms. The Labute approximate surface area is 184 Å². The summed E-state index contributed by atoms with van der Waals surface area (Å²) in [4.78, 5) is 0. The van der Waals surface area contributed by atoms with E-state index in [1.54, 1.807) is 0 Å². The molecular weight excluding hydrogens is 391 g/mol. The van der Waals surface area contributed by atoms with E-state index < -0.39 is 7.26 Å². The summed E-state index contributed by atoms with van der Waals surface area (Å²) in [5.74, 6) is 0. The van der Waals surface area contributed by atoms with E-state index in [9.17, 15) is 0 Å². The van der Waals surface area contributed by atoms with Gasteiger partial charge in [-0.25, -0.2) is 0 Å². The van der Waals surface area contributed by atoms with E-state index >= 15 is 0 Å². The van der Waals surface area contributed by atoms with E-state index in [0.717, 1.165) is 6.42 Å². The standard InChI is InChI=1S/C30H24P/c1-4-15-25(16-5-1)31(26-17-6-2-7-18-26,27-19-8-3-9-20-27)29-22-24-14-10-12-23-13-11-21-28(29)30(23)24/h1-21,29H,22H2/q+1. The topological polar surface area (TPSA) is 0 Å². The first kappa shape index (κ1) is 18.6. The Morgan fingerprint density at radius 3 is 1.48 bits per heavy atom. The highest BCUT2D eigenvalue weighted by molar-refractivity contribution is 7.96. The van der Waals surface area contributed by atoms with E-state index in [1.165, 1.54) is 37.8 Å². The second kappa shape index (κ2) is 7.49. The van der Waals surface area contributed by atoms with E-state index in [2.05, 4.69) is 127 Å². The summed E-state index contributed by atoms with van der Waals surface area (Å²) in [6, 6.07) is 47.5. The Balaban J connectivity index is 1.73. The van der Waals surface area contributed by atoms with Crippen LogP contribution in [0.5, 0.6) is 0 Å². The lowest BCUT2D eigenvalue weighted by atomic mass is 10.1.